The lowest BCUT2D eigenvalue weighted by atomic mass is 10.0. The van der Waals surface area contributed by atoms with Crippen LogP contribution in [-0.2, 0) is 0 Å². The lowest BCUT2D eigenvalue weighted by Gasteiger charge is -2.05. The predicted octanol–water partition coefficient (Wildman–Crippen LogP) is 2.06. The summed E-state index contributed by atoms with van der Waals surface area (Å²) in [6, 6.07) is 0. The van der Waals surface area contributed by atoms with Crippen LogP contribution in [-0.4, -0.2) is 0 Å². The summed E-state index contributed by atoms with van der Waals surface area (Å²) in [5.74, 6) is 0. The third-order valence-electron chi connectivity index (χ3n) is 1.19. The molecular formula is C7H8. The summed E-state index contributed by atoms with van der Waals surface area (Å²) >= 11 is 0. The molecule has 36 valence electrons. The van der Waals surface area contributed by atoms with Gasteiger partial charge in [0.25, 0.3) is 0 Å². The van der Waals surface area contributed by atoms with E-state index in [1.54, 1.807) is 0 Å². The van der Waals surface area contributed by atoms with E-state index in [-0.39, 0.29) is 0 Å². The fourth-order valence-corrected chi connectivity index (χ4v) is 0.575. The van der Waals surface area contributed by atoms with Crippen molar-refractivity contribution in [1.29, 1.82) is 0 Å². The van der Waals surface area contributed by atoms with Crippen LogP contribution in [0.4, 0.5) is 0 Å². The molecule has 7 heavy (non-hydrogen) atoms. The Labute approximate surface area is 43.9 Å². The van der Waals surface area contributed by atoms with Gasteiger partial charge in [0.1, 0.15) is 0 Å². The average molecular weight is 92.1 g/mol. The maximum atomic E-state index is 3.62. The summed E-state index contributed by atoms with van der Waals surface area (Å²) < 4.78 is 0. The molecule has 0 nitrogen and oxygen atoms in total. The lowest BCUT2D eigenvalue weighted by Crippen LogP contribution is -1.85. The van der Waals surface area contributed by atoms with Crippen LogP contribution in [0.3, 0.4) is 0 Å². The van der Waals surface area contributed by atoms with E-state index < -0.39 is 0 Å². The molecule has 0 aromatic carbocycles. The van der Waals surface area contributed by atoms with Gasteiger partial charge >= 0.3 is 0 Å². The smallest absolute Gasteiger partial charge is 0.0233 e. The quantitative estimate of drug-likeness (QED) is 0.464. The highest BCUT2D eigenvalue weighted by Gasteiger charge is 1.97. The van der Waals surface area contributed by atoms with Crippen molar-refractivity contribution >= 4 is 0 Å². The first-order chi connectivity index (χ1) is 3.34. The van der Waals surface area contributed by atoms with Crippen LogP contribution in [0.2, 0.25) is 0 Å². The SMILES string of the molecule is C=CC1=C(C)C=C1. The Kier molecular flexibility index (Phi) is 0.861. The second-order valence-electron chi connectivity index (χ2n) is 1.68. The van der Waals surface area contributed by atoms with Gasteiger partial charge in [-0.2, -0.15) is 0 Å². The first-order valence-electron chi connectivity index (χ1n) is 2.36. The van der Waals surface area contributed by atoms with Crippen molar-refractivity contribution in [2.75, 3.05) is 0 Å². The van der Waals surface area contributed by atoms with E-state index in [2.05, 4.69) is 25.7 Å². The molecule has 1 rings (SSSR count). The second kappa shape index (κ2) is 1.38. The van der Waals surface area contributed by atoms with Crippen LogP contribution in [0.5, 0.6) is 0 Å². The molecule has 0 saturated carbocycles. The van der Waals surface area contributed by atoms with Gasteiger partial charge in [-0.25, -0.2) is 0 Å². The Hall–Kier alpha value is -0.780. The van der Waals surface area contributed by atoms with Gasteiger partial charge in [0.2, 0.25) is 0 Å². The molecule has 0 saturated heterocycles. The Morgan fingerprint density at radius 2 is 2.29 bits per heavy atom. The standard InChI is InChI=1S/C7H8/c1-3-7-5-4-6(7)2/h3-5H,1H2,2H3. The minimum Gasteiger partial charge on any atom is -0.0985 e. The molecule has 0 heterocycles. The van der Waals surface area contributed by atoms with Gasteiger partial charge in [-0.05, 0) is 18.1 Å². The maximum Gasteiger partial charge on any atom is -0.0233 e. The topological polar surface area (TPSA) is 0 Å². The third kappa shape index (κ3) is 0.518. The Morgan fingerprint density at radius 1 is 1.57 bits per heavy atom. The molecule has 0 fully saturated rings. The second-order valence-corrected chi connectivity index (χ2v) is 1.68. The highest BCUT2D eigenvalue weighted by atomic mass is 14.0. The van der Waals surface area contributed by atoms with Crippen molar-refractivity contribution in [2.45, 2.75) is 6.92 Å². The largest absolute Gasteiger partial charge is 0.0985 e. The minimum absolute atomic E-state index is 1.28. The Morgan fingerprint density at radius 3 is 2.29 bits per heavy atom. The lowest BCUT2D eigenvalue weighted by molar-refractivity contribution is 1.38. The highest BCUT2D eigenvalue weighted by molar-refractivity contribution is 5.48. The fraction of sp³-hybridized carbons (Fsp3) is 0.143. The highest BCUT2D eigenvalue weighted by Crippen LogP contribution is 2.17. The minimum atomic E-state index is 1.28. The summed E-state index contributed by atoms with van der Waals surface area (Å²) in [7, 11) is 0. The van der Waals surface area contributed by atoms with Gasteiger partial charge in [-0.15, -0.1) is 0 Å². The van der Waals surface area contributed by atoms with Crippen molar-refractivity contribution in [2.24, 2.45) is 0 Å². The number of allylic oxidation sites excluding steroid dienone is 5. The molecule has 0 aliphatic heterocycles. The summed E-state index contributed by atoms with van der Waals surface area (Å²) in [5, 5.41) is 0. The molecule has 0 N–H and O–H groups in total. The van der Waals surface area contributed by atoms with E-state index in [1.165, 1.54) is 11.1 Å². The van der Waals surface area contributed by atoms with E-state index in [0.717, 1.165) is 0 Å². The predicted molar refractivity (Wildman–Crippen MR) is 32.0 cm³/mol. The molecule has 0 bridgehead atoms. The summed E-state index contributed by atoms with van der Waals surface area (Å²) in [4.78, 5) is 0. The summed E-state index contributed by atoms with van der Waals surface area (Å²) in [6.45, 7) is 5.70. The first kappa shape index (κ1) is 4.38. The van der Waals surface area contributed by atoms with Crippen LogP contribution >= 0.6 is 0 Å². The molecular weight excluding hydrogens is 84.1 g/mol. The summed E-state index contributed by atoms with van der Waals surface area (Å²) in [5.41, 5.74) is 2.62. The first-order valence-corrected chi connectivity index (χ1v) is 2.36. The van der Waals surface area contributed by atoms with Gasteiger partial charge in [0.15, 0.2) is 0 Å². The van der Waals surface area contributed by atoms with Crippen molar-refractivity contribution < 1.29 is 0 Å². The zero-order valence-electron chi connectivity index (χ0n) is 4.44. The molecule has 0 heteroatoms. The van der Waals surface area contributed by atoms with Crippen molar-refractivity contribution in [3.8, 4) is 0 Å². The zero-order chi connectivity index (χ0) is 5.28. The number of hydrogen-bond donors (Lipinski definition) is 0. The molecule has 0 amide bonds. The average Bonchev–Trinajstić information content (AvgIpc) is 1.65. The maximum absolute atomic E-state index is 3.62. The van der Waals surface area contributed by atoms with Crippen molar-refractivity contribution in [1.82, 2.24) is 0 Å². The van der Waals surface area contributed by atoms with Gasteiger partial charge < -0.3 is 0 Å². The van der Waals surface area contributed by atoms with E-state index in [4.69, 9.17) is 0 Å². The zero-order valence-corrected chi connectivity index (χ0v) is 4.44. The Bertz CT molecular complexity index is 143. The van der Waals surface area contributed by atoms with Gasteiger partial charge in [0, 0.05) is 0 Å². The fourth-order valence-electron chi connectivity index (χ4n) is 0.575. The van der Waals surface area contributed by atoms with E-state index in [0.29, 0.717) is 0 Å². The molecule has 0 unspecified atom stereocenters. The molecule has 0 aromatic heterocycles. The van der Waals surface area contributed by atoms with Crippen LogP contribution < -0.4 is 0 Å². The van der Waals surface area contributed by atoms with Crippen LogP contribution in [0.25, 0.3) is 0 Å². The Balaban J connectivity index is 2.73. The van der Waals surface area contributed by atoms with Crippen molar-refractivity contribution in [3.05, 3.63) is 36.0 Å². The molecule has 0 spiro atoms. The normalized spacial score (nSPS) is 16.7. The number of hydrogen-bond acceptors (Lipinski definition) is 0. The van der Waals surface area contributed by atoms with Gasteiger partial charge in [-0.1, -0.05) is 24.8 Å². The third-order valence-corrected chi connectivity index (χ3v) is 1.19. The van der Waals surface area contributed by atoms with Gasteiger partial charge in [-0.3, -0.25) is 0 Å². The van der Waals surface area contributed by atoms with Crippen LogP contribution in [0.1, 0.15) is 6.92 Å². The van der Waals surface area contributed by atoms with Crippen LogP contribution in [0.15, 0.2) is 36.0 Å². The van der Waals surface area contributed by atoms with E-state index >= 15 is 0 Å². The summed E-state index contributed by atoms with van der Waals surface area (Å²) in [6.07, 6.45) is 6.01. The molecule has 0 radical (unpaired) electrons. The molecule has 0 atom stereocenters. The number of rotatable bonds is 1. The molecule has 1 aliphatic carbocycles. The van der Waals surface area contributed by atoms with E-state index in [1.807, 2.05) is 6.08 Å². The van der Waals surface area contributed by atoms with Crippen LogP contribution in [0, 0.1) is 0 Å². The van der Waals surface area contributed by atoms with Crippen molar-refractivity contribution in [3.63, 3.8) is 0 Å². The monoisotopic (exact) mass is 92.1 g/mol. The van der Waals surface area contributed by atoms with E-state index in [9.17, 15) is 0 Å². The van der Waals surface area contributed by atoms with Gasteiger partial charge in [0.05, 0.1) is 0 Å². The molecule has 1 aliphatic rings. The molecule has 0 aromatic rings.